The lowest BCUT2D eigenvalue weighted by Gasteiger charge is -2.34. The molecule has 1 rings (SSSR count). The average molecular weight is 615 g/mol. The van der Waals surface area contributed by atoms with E-state index in [1.807, 2.05) is 0 Å². The number of unbranched alkanes of at least 4 members (excludes halogenated alkanes) is 5. The number of nitrogens with one attached hydrogen (secondary N) is 2. The second-order valence-electron chi connectivity index (χ2n) is 11.5. The largest absolute Gasteiger partial charge is 0.466 e. The van der Waals surface area contributed by atoms with Crippen molar-refractivity contribution < 1.29 is 33.4 Å². The van der Waals surface area contributed by atoms with Gasteiger partial charge in [0.25, 0.3) is 0 Å². The summed E-state index contributed by atoms with van der Waals surface area (Å²) in [5.41, 5.74) is 5.64. The maximum absolute atomic E-state index is 14.2. The fourth-order valence-corrected chi connectivity index (χ4v) is 4.48. The molecule has 11 nitrogen and oxygen atoms in total. The van der Waals surface area contributed by atoms with Gasteiger partial charge in [-0.2, -0.15) is 0 Å². The van der Waals surface area contributed by atoms with Gasteiger partial charge in [0.15, 0.2) is 0 Å². The summed E-state index contributed by atoms with van der Waals surface area (Å²) in [7, 11) is 0. The smallest absolute Gasteiger partial charge is 0.408 e. The summed E-state index contributed by atoms with van der Waals surface area (Å²) in [6, 6.07) is 4.37. The second kappa shape index (κ2) is 20.0. The monoisotopic (exact) mass is 614 g/mol. The maximum Gasteiger partial charge on any atom is 0.408 e. The number of carbonyl (C=O) groups excluding carboxylic acids is 5. The second-order valence-corrected chi connectivity index (χ2v) is 11.5. The Morgan fingerprint density at radius 2 is 1.61 bits per heavy atom. The number of alkyl carbamates (subject to hydrolysis) is 1. The molecule has 0 aliphatic carbocycles. The molecule has 4 N–H and O–H groups in total. The van der Waals surface area contributed by atoms with Crippen LogP contribution in [0, 0.1) is 12.3 Å². The van der Waals surface area contributed by atoms with Crippen molar-refractivity contribution in [2.45, 2.75) is 110 Å². The number of benzene rings is 1. The van der Waals surface area contributed by atoms with Gasteiger partial charge in [-0.25, -0.2) is 4.79 Å². The molecule has 0 saturated heterocycles. The van der Waals surface area contributed by atoms with Crippen molar-refractivity contribution in [3.05, 3.63) is 35.4 Å². The molecular formula is C33H50N4O7. The first-order chi connectivity index (χ1) is 20.8. The third-order valence-corrected chi connectivity index (χ3v) is 6.59. The minimum atomic E-state index is -1.20. The molecular weight excluding hydrogens is 564 g/mol. The van der Waals surface area contributed by atoms with Gasteiger partial charge in [-0.1, -0.05) is 57.1 Å². The van der Waals surface area contributed by atoms with Crippen LogP contribution in [0.25, 0.3) is 0 Å². The Morgan fingerprint density at radius 1 is 0.977 bits per heavy atom. The third-order valence-electron chi connectivity index (χ3n) is 6.59. The number of nitrogens with two attached hydrogens (primary N) is 1. The van der Waals surface area contributed by atoms with E-state index in [9.17, 15) is 24.0 Å². The van der Waals surface area contributed by atoms with Gasteiger partial charge < -0.3 is 30.7 Å². The van der Waals surface area contributed by atoms with Crippen molar-refractivity contribution in [1.29, 1.82) is 0 Å². The molecule has 0 aromatic heterocycles. The van der Waals surface area contributed by atoms with Gasteiger partial charge in [0.2, 0.25) is 17.7 Å². The van der Waals surface area contributed by atoms with E-state index in [2.05, 4.69) is 23.5 Å². The van der Waals surface area contributed by atoms with Gasteiger partial charge in [-0.15, -0.1) is 6.42 Å². The average Bonchev–Trinajstić information content (AvgIpc) is 2.95. The topological polar surface area (TPSA) is 157 Å². The van der Waals surface area contributed by atoms with E-state index in [0.29, 0.717) is 17.5 Å². The molecule has 0 aliphatic rings. The number of primary amides is 1. The number of carbonyl (C=O) groups is 5. The highest BCUT2D eigenvalue weighted by molar-refractivity contribution is 5.92. The van der Waals surface area contributed by atoms with Crippen LogP contribution in [0.15, 0.2) is 24.3 Å². The van der Waals surface area contributed by atoms with Crippen molar-refractivity contribution in [2.75, 3.05) is 19.7 Å². The molecule has 0 heterocycles. The van der Waals surface area contributed by atoms with Crippen molar-refractivity contribution in [2.24, 2.45) is 5.73 Å². The molecule has 11 heteroatoms. The Labute approximate surface area is 262 Å². The molecule has 0 bridgehead atoms. The molecule has 244 valence electrons. The van der Waals surface area contributed by atoms with Gasteiger partial charge in [-0.3, -0.25) is 19.2 Å². The molecule has 4 amide bonds. The molecule has 0 radical (unpaired) electrons. The quantitative estimate of drug-likeness (QED) is 0.120. The molecule has 0 aliphatic heterocycles. The van der Waals surface area contributed by atoms with Gasteiger partial charge in [-0.05, 0) is 58.2 Å². The van der Waals surface area contributed by atoms with Crippen LogP contribution in [0.2, 0.25) is 0 Å². The normalized spacial score (nSPS) is 12.3. The lowest BCUT2D eigenvalue weighted by Crippen LogP contribution is -2.53. The Balaban J connectivity index is 3.49. The van der Waals surface area contributed by atoms with Crippen LogP contribution in [0.5, 0.6) is 0 Å². The van der Waals surface area contributed by atoms with Gasteiger partial charge in [0, 0.05) is 25.1 Å². The number of hydrogen-bond donors (Lipinski definition) is 3. The van der Waals surface area contributed by atoms with E-state index in [-0.39, 0.29) is 39.0 Å². The number of hydrogen-bond acceptors (Lipinski definition) is 7. The standard InChI is InChI=1S/C33H50N4O7/c1-7-10-11-12-13-14-23-37(31(41)26(19-20-27(34)38)36-32(42)44-33(4,5)6)29(25-17-15-24(8-2)16-18-25)30(40)35-22-21-28(39)43-9-3/h2,15-18,26,29H,7,9-14,19-23H2,1,3-6H3,(H2,34,38)(H,35,40)(H,36,42). The van der Waals surface area contributed by atoms with E-state index in [1.54, 1.807) is 52.0 Å². The third kappa shape index (κ3) is 14.9. The minimum Gasteiger partial charge on any atom is -0.466 e. The molecule has 0 saturated carbocycles. The Bertz CT molecular complexity index is 1120. The number of terminal acetylenes is 1. The van der Waals surface area contributed by atoms with Crippen LogP contribution in [0.1, 0.15) is 110 Å². The van der Waals surface area contributed by atoms with E-state index >= 15 is 0 Å². The van der Waals surface area contributed by atoms with Crippen molar-refractivity contribution in [3.8, 4) is 12.3 Å². The van der Waals surface area contributed by atoms with Gasteiger partial charge in [0.05, 0.1) is 13.0 Å². The summed E-state index contributed by atoms with van der Waals surface area (Å²) < 4.78 is 10.3. The molecule has 0 spiro atoms. The maximum atomic E-state index is 14.2. The lowest BCUT2D eigenvalue weighted by atomic mass is 9.99. The number of rotatable bonds is 19. The first kappa shape index (κ1) is 38.0. The summed E-state index contributed by atoms with van der Waals surface area (Å²) in [5, 5.41) is 5.34. The Hall–Kier alpha value is -4.07. The van der Waals surface area contributed by atoms with Crippen LogP contribution in [0.4, 0.5) is 4.79 Å². The fraction of sp³-hybridized carbons (Fsp3) is 0.606. The number of nitrogens with zero attached hydrogens (tertiary/aromatic N) is 1. The van der Waals surface area contributed by atoms with Gasteiger partial charge >= 0.3 is 12.1 Å². The Morgan fingerprint density at radius 3 is 2.18 bits per heavy atom. The molecule has 2 unspecified atom stereocenters. The summed E-state index contributed by atoms with van der Waals surface area (Å²) in [5.74, 6) is 0.341. The van der Waals surface area contributed by atoms with Crippen LogP contribution in [-0.4, -0.2) is 66.0 Å². The van der Waals surface area contributed by atoms with Crippen LogP contribution < -0.4 is 16.4 Å². The van der Waals surface area contributed by atoms with Crippen LogP contribution in [0.3, 0.4) is 0 Å². The van der Waals surface area contributed by atoms with Crippen molar-refractivity contribution in [3.63, 3.8) is 0 Å². The Kier molecular flexibility index (Phi) is 17.2. The zero-order chi connectivity index (χ0) is 33.1. The zero-order valence-electron chi connectivity index (χ0n) is 26.9. The number of esters is 1. The predicted octanol–water partition coefficient (Wildman–Crippen LogP) is 4.13. The summed E-state index contributed by atoms with van der Waals surface area (Å²) in [6.07, 6.45) is 10.0. The summed E-state index contributed by atoms with van der Waals surface area (Å²) >= 11 is 0. The van der Waals surface area contributed by atoms with E-state index in [4.69, 9.17) is 21.6 Å². The van der Waals surface area contributed by atoms with Crippen LogP contribution >= 0.6 is 0 Å². The van der Waals surface area contributed by atoms with Crippen molar-refractivity contribution in [1.82, 2.24) is 15.5 Å². The van der Waals surface area contributed by atoms with E-state index in [0.717, 1.165) is 32.1 Å². The number of amides is 4. The molecule has 2 atom stereocenters. The van der Waals surface area contributed by atoms with E-state index in [1.165, 1.54) is 4.90 Å². The molecule has 1 aromatic carbocycles. The zero-order valence-corrected chi connectivity index (χ0v) is 26.9. The highest BCUT2D eigenvalue weighted by atomic mass is 16.6. The predicted molar refractivity (Wildman–Crippen MR) is 168 cm³/mol. The fourth-order valence-electron chi connectivity index (χ4n) is 4.48. The highest BCUT2D eigenvalue weighted by Gasteiger charge is 2.36. The highest BCUT2D eigenvalue weighted by Crippen LogP contribution is 2.25. The van der Waals surface area contributed by atoms with Crippen LogP contribution in [-0.2, 0) is 28.7 Å². The number of ether oxygens (including phenoxy) is 2. The lowest BCUT2D eigenvalue weighted by molar-refractivity contribution is -0.144. The SMILES string of the molecule is C#Cc1ccc(C(C(=O)NCCC(=O)OCC)N(CCCCCCCC)C(=O)C(CCC(N)=O)NC(=O)OC(C)(C)C)cc1. The summed E-state index contributed by atoms with van der Waals surface area (Å²) in [6.45, 7) is 9.29. The first-order valence-electron chi connectivity index (χ1n) is 15.4. The molecule has 1 aromatic rings. The minimum absolute atomic E-state index is 0.00306. The summed E-state index contributed by atoms with van der Waals surface area (Å²) in [4.78, 5) is 65.8. The molecule has 0 fully saturated rings. The van der Waals surface area contributed by atoms with E-state index < -0.39 is 47.5 Å². The van der Waals surface area contributed by atoms with Gasteiger partial charge in [0.1, 0.15) is 17.7 Å². The van der Waals surface area contributed by atoms with Crippen molar-refractivity contribution >= 4 is 29.8 Å². The first-order valence-corrected chi connectivity index (χ1v) is 15.4. The molecule has 44 heavy (non-hydrogen) atoms.